The third-order valence-electron chi connectivity index (χ3n) is 17.8. The summed E-state index contributed by atoms with van der Waals surface area (Å²) in [5.41, 5.74) is 7.68. The van der Waals surface area contributed by atoms with Gasteiger partial charge in [0, 0.05) is 137 Å². The minimum Gasteiger partial charge on any atom is -0.393 e. The number of nitrogens with zero attached hydrogens (tertiary/aromatic N) is 10. The van der Waals surface area contributed by atoms with E-state index in [0.717, 1.165) is 162 Å². The van der Waals surface area contributed by atoms with Crippen LogP contribution in [0.3, 0.4) is 0 Å². The molecule has 3 aliphatic carbocycles. The third kappa shape index (κ3) is 16.2. The van der Waals surface area contributed by atoms with E-state index in [1.807, 2.05) is 19.3 Å². The molecule has 15 nitrogen and oxygen atoms in total. The third-order valence-corrected chi connectivity index (χ3v) is 17.8. The highest BCUT2D eigenvalue weighted by Crippen LogP contribution is 2.40. The number of allylic oxidation sites excluding steroid dienone is 3. The molecule has 3 N–H and O–H groups in total. The predicted octanol–water partition coefficient (Wildman–Crippen LogP) is 11.8. The van der Waals surface area contributed by atoms with E-state index in [1.54, 1.807) is 7.11 Å². The molecular weight excluding hydrogens is 1030 g/mol. The maximum atomic E-state index is 12.9. The summed E-state index contributed by atoms with van der Waals surface area (Å²) in [5.74, 6) is 1.92. The lowest BCUT2D eigenvalue weighted by Crippen LogP contribution is -2.53. The monoisotopic (exact) mass is 1120 g/mol. The second-order valence-corrected chi connectivity index (χ2v) is 24.4. The zero-order chi connectivity index (χ0) is 57.2. The Morgan fingerprint density at radius 3 is 2.02 bits per heavy atom. The average Bonchev–Trinajstić information content (AvgIpc) is 4.03. The van der Waals surface area contributed by atoms with Gasteiger partial charge in [0.05, 0.1) is 12.2 Å². The van der Waals surface area contributed by atoms with E-state index in [-0.39, 0.29) is 49.0 Å². The molecule has 1 saturated heterocycles. The van der Waals surface area contributed by atoms with Crippen molar-refractivity contribution in [2.75, 3.05) is 91.3 Å². The molecule has 0 amide bonds. The molecule has 4 aromatic heterocycles. The van der Waals surface area contributed by atoms with E-state index < -0.39 is 12.6 Å². The van der Waals surface area contributed by atoms with Crippen molar-refractivity contribution in [3.8, 4) is 11.1 Å². The summed E-state index contributed by atoms with van der Waals surface area (Å²) in [6, 6.07) is 9.65. The molecular formula is C63H93F3N12O3. The molecule has 5 heterocycles. The normalized spacial score (nSPS) is 24.1. The van der Waals surface area contributed by atoms with Gasteiger partial charge in [-0.3, -0.25) is 9.80 Å². The highest BCUT2D eigenvalue weighted by molar-refractivity contribution is 5.95. The van der Waals surface area contributed by atoms with Gasteiger partial charge in [0.25, 0.3) is 0 Å². The maximum Gasteiger partial charge on any atom is 0.389 e. The number of aliphatic hydroxyl groups excluding tert-OH is 1. The van der Waals surface area contributed by atoms with E-state index in [1.165, 1.54) is 11.1 Å². The molecule has 0 bridgehead atoms. The first kappa shape index (κ1) is 60.6. The molecule has 5 atom stereocenters. The van der Waals surface area contributed by atoms with Gasteiger partial charge in [0.2, 0.25) is 11.9 Å². The molecule has 3 fully saturated rings. The number of aliphatic hydroxyl groups is 1. The molecule has 1 aliphatic heterocycles. The first-order valence-electron chi connectivity index (χ1n) is 30.5. The second kappa shape index (κ2) is 28.1. The largest absolute Gasteiger partial charge is 0.393 e. The van der Waals surface area contributed by atoms with Crippen LogP contribution < -0.4 is 10.6 Å². The number of anilines is 2. The summed E-state index contributed by atoms with van der Waals surface area (Å²) in [5, 5.41) is 19.4. The SMILES string of the molecule is CCN(CCN(C)C)CC1C=CC(c2cn(C3CCC(OC4CN(Cc5ccc(-c6cn(C7CCC(O)CC7)c7nc(NC(C)CCCOC)ncc67)cc5)CCN4C)CC3)c3nc(NC(C)CCCCC(F)(F)F)ncc23)=CC1C. The van der Waals surface area contributed by atoms with Crippen molar-refractivity contribution in [3.05, 3.63) is 78.4 Å². The lowest BCUT2D eigenvalue weighted by molar-refractivity contribution is -0.135. The second-order valence-electron chi connectivity index (χ2n) is 24.4. The fourth-order valence-corrected chi connectivity index (χ4v) is 12.7. The van der Waals surface area contributed by atoms with Crippen LogP contribution in [-0.2, 0) is 16.0 Å². The number of piperazine rings is 1. The topological polar surface area (TPSA) is 137 Å². The minimum atomic E-state index is -4.13. The van der Waals surface area contributed by atoms with Crippen molar-refractivity contribution in [2.45, 2.75) is 173 Å². The number of aromatic nitrogens is 6. The summed E-state index contributed by atoms with van der Waals surface area (Å²) in [7, 11) is 8.18. The number of hydrogen-bond donors (Lipinski definition) is 3. The first-order chi connectivity index (χ1) is 39.0. The number of nitrogens with one attached hydrogen (secondary N) is 2. The smallest absolute Gasteiger partial charge is 0.389 e. The van der Waals surface area contributed by atoms with Crippen molar-refractivity contribution in [2.24, 2.45) is 11.8 Å². The minimum absolute atomic E-state index is 0.0107. The Hall–Kier alpha value is -4.95. The number of halogens is 3. The van der Waals surface area contributed by atoms with E-state index >= 15 is 0 Å². The van der Waals surface area contributed by atoms with Crippen molar-refractivity contribution >= 4 is 39.5 Å². The molecule has 5 unspecified atom stereocenters. The fourth-order valence-electron chi connectivity index (χ4n) is 12.7. The zero-order valence-electron chi connectivity index (χ0n) is 49.7. The number of methoxy groups -OCH3 is 1. The molecule has 4 aliphatic rings. The van der Waals surface area contributed by atoms with Gasteiger partial charge in [-0.15, -0.1) is 0 Å². The van der Waals surface area contributed by atoms with Crippen LogP contribution in [0, 0.1) is 11.8 Å². The Morgan fingerprint density at radius 2 is 1.42 bits per heavy atom. The highest BCUT2D eigenvalue weighted by Gasteiger charge is 2.33. The molecule has 0 spiro atoms. The van der Waals surface area contributed by atoms with Crippen LogP contribution in [0.1, 0.15) is 141 Å². The number of likely N-dealkylation sites (N-methyl/N-ethyl adjacent to an activating group) is 3. The summed E-state index contributed by atoms with van der Waals surface area (Å²) in [6.45, 7) is 17.1. The molecule has 1 aromatic carbocycles. The van der Waals surface area contributed by atoms with Gasteiger partial charge < -0.3 is 44.1 Å². The van der Waals surface area contributed by atoms with Gasteiger partial charge in [-0.2, -0.15) is 23.1 Å². The number of unbranched alkanes of at least 4 members (excludes halogenated alkanes) is 1. The zero-order valence-corrected chi connectivity index (χ0v) is 49.7. The fraction of sp³-hybridized carbons (Fsp3) is 0.651. The van der Waals surface area contributed by atoms with Gasteiger partial charge in [-0.1, -0.05) is 62.8 Å². The standard InChI is InChI=1S/C63H93F3N12O3/c1-9-75(32-30-73(5)6)39-49-20-19-48(35-43(49)2)57-41-78(60-55(57)37-68-61(72-60)69-44(3)13-10-11-29-63(64,65)66)51-23-27-53(28-24-51)81-58-42-76(33-31-74(58)7)38-46-15-17-47(18-16-46)56-40-77(50-21-25-52(79)26-22-50)59-54(56)36-67-62(71-59)70-45(4)14-12-34-80-8/h15-20,35-37,40-41,43-45,49-53,58,79H,9-14,21-34,38-39,42H2,1-8H3,(H,67,70,71)(H,68,69,72). The number of alkyl halides is 3. The average molecular weight is 1120 g/mol. The number of fused-ring (bicyclic) bond motifs is 2. The van der Waals surface area contributed by atoms with Gasteiger partial charge in [0.1, 0.15) is 17.5 Å². The number of rotatable bonds is 26. The molecule has 81 heavy (non-hydrogen) atoms. The lowest BCUT2D eigenvalue weighted by Gasteiger charge is -2.42. The van der Waals surface area contributed by atoms with Crippen molar-refractivity contribution < 1.29 is 27.8 Å². The molecule has 2 saturated carbocycles. The summed E-state index contributed by atoms with van der Waals surface area (Å²) in [6.07, 6.45) is 20.9. The Morgan fingerprint density at radius 1 is 0.802 bits per heavy atom. The van der Waals surface area contributed by atoms with Crippen LogP contribution in [0.2, 0.25) is 0 Å². The van der Waals surface area contributed by atoms with Crippen LogP contribution in [0.15, 0.2) is 67.3 Å². The van der Waals surface area contributed by atoms with Gasteiger partial charge in [0.15, 0.2) is 0 Å². The van der Waals surface area contributed by atoms with Gasteiger partial charge in [-0.25, -0.2) is 9.97 Å². The number of hydrogen-bond acceptors (Lipinski definition) is 13. The Balaban J connectivity index is 0.846. The molecule has 5 aromatic rings. The quantitative estimate of drug-likeness (QED) is 0.0454. The molecule has 444 valence electrons. The Labute approximate surface area is 479 Å². The van der Waals surface area contributed by atoms with Crippen molar-refractivity contribution in [1.29, 1.82) is 0 Å². The number of ether oxygens (including phenoxy) is 2. The Bertz CT molecular complexity index is 2840. The molecule has 9 rings (SSSR count). The van der Waals surface area contributed by atoms with Crippen molar-refractivity contribution in [3.63, 3.8) is 0 Å². The molecule has 18 heteroatoms. The summed E-state index contributed by atoms with van der Waals surface area (Å²) in [4.78, 5) is 29.6. The van der Waals surface area contributed by atoms with E-state index in [4.69, 9.17) is 29.4 Å². The predicted molar refractivity (Wildman–Crippen MR) is 320 cm³/mol. The van der Waals surface area contributed by atoms with Crippen LogP contribution in [0.5, 0.6) is 0 Å². The van der Waals surface area contributed by atoms with Crippen molar-refractivity contribution in [1.82, 2.24) is 48.7 Å². The van der Waals surface area contributed by atoms with Crippen LogP contribution in [-0.4, -0.2) is 171 Å². The van der Waals surface area contributed by atoms with E-state index in [0.29, 0.717) is 36.6 Å². The first-order valence-corrected chi connectivity index (χ1v) is 30.5. The van der Waals surface area contributed by atoms with Crippen LogP contribution in [0.25, 0.3) is 38.8 Å². The Kier molecular flexibility index (Phi) is 21.0. The summed E-state index contributed by atoms with van der Waals surface area (Å²) < 4.78 is 55.7. The highest BCUT2D eigenvalue weighted by atomic mass is 19.4. The van der Waals surface area contributed by atoms with E-state index in [9.17, 15) is 18.3 Å². The van der Waals surface area contributed by atoms with Gasteiger partial charge >= 0.3 is 6.18 Å². The summed E-state index contributed by atoms with van der Waals surface area (Å²) >= 11 is 0. The van der Waals surface area contributed by atoms with Crippen LogP contribution >= 0.6 is 0 Å². The lowest BCUT2D eigenvalue weighted by atomic mass is 9.85. The number of benzene rings is 1. The molecule has 0 radical (unpaired) electrons. The maximum absolute atomic E-state index is 12.9. The van der Waals surface area contributed by atoms with Gasteiger partial charge in [-0.05, 0) is 147 Å². The van der Waals surface area contributed by atoms with Crippen LogP contribution in [0.4, 0.5) is 25.1 Å². The van der Waals surface area contributed by atoms with E-state index in [2.05, 4.69) is 136 Å².